The quantitative estimate of drug-likeness (QED) is 0.788. The molecule has 1 aromatic carbocycles. The third-order valence-electron chi connectivity index (χ3n) is 5.89. The number of hydrogen-bond donors (Lipinski definition) is 2. The summed E-state index contributed by atoms with van der Waals surface area (Å²) in [6.07, 6.45) is 2.85. The summed E-state index contributed by atoms with van der Waals surface area (Å²) >= 11 is 0. The number of benzene rings is 1. The minimum Gasteiger partial charge on any atom is -0.497 e. The molecule has 1 heterocycles. The van der Waals surface area contributed by atoms with Crippen molar-refractivity contribution in [1.29, 1.82) is 0 Å². The SMILES string of the molecule is COc1ccc(CNC(=O)NCC2CC23CCN(C(=O)OC(C)(C)C)CC3)cc1. The van der Waals surface area contributed by atoms with Crippen LogP contribution in [0.5, 0.6) is 5.75 Å². The van der Waals surface area contributed by atoms with Gasteiger partial charge in [-0.2, -0.15) is 0 Å². The maximum absolute atomic E-state index is 12.2. The monoisotopic (exact) mass is 403 g/mol. The molecule has 7 heteroatoms. The number of ether oxygens (including phenoxy) is 2. The average molecular weight is 404 g/mol. The first-order valence-corrected chi connectivity index (χ1v) is 10.3. The zero-order valence-corrected chi connectivity index (χ0v) is 17.9. The molecule has 1 spiro atoms. The van der Waals surface area contributed by atoms with Crippen LogP contribution in [0.4, 0.5) is 9.59 Å². The van der Waals surface area contributed by atoms with Crippen LogP contribution < -0.4 is 15.4 Å². The summed E-state index contributed by atoms with van der Waals surface area (Å²) in [6.45, 7) is 8.29. The molecule has 2 aliphatic rings. The molecule has 1 atom stereocenters. The van der Waals surface area contributed by atoms with E-state index in [0.29, 0.717) is 19.0 Å². The van der Waals surface area contributed by atoms with Gasteiger partial charge in [0.15, 0.2) is 0 Å². The minimum atomic E-state index is -0.461. The first-order valence-electron chi connectivity index (χ1n) is 10.3. The second-order valence-corrected chi connectivity index (χ2v) is 9.14. The smallest absolute Gasteiger partial charge is 0.410 e. The lowest BCUT2D eigenvalue weighted by molar-refractivity contribution is 0.0166. The van der Waals surface area contributed by atoms with E-state index in [1.165, 1.54) is 0 Å². The summed E-state index contributed by atoms with van der Waals surface area (Å²) in [4.78, 5) is 26.1. The fourth-order valence-electron chi connectivity index (χ4n) is 4.00. The highest BCUT2D eigenvalue weighted by Crippen LogP contribution is 2.59. The number of nitrogens with one attached hydrogen (secondary N) is 2. The molecule has 1 saturated heterocycles. The Morgan fingerprint density at radius 2 is 1.79 bits per heavy atom. The first-order chi connectivity index (χ1) is 13.7. The molecule has 1 unspecified atom stereocenters. The molecule has 2 N–H and O–H groups in total. The summed E-state index contributed by atoms with van der Waals surface area (Å²) in [5.41, 5.74) is 0.845. The Kier molecular flexibility index (Phi) is 6.24. The number of rotatable bonds is 5. The van der Waals surface area contributed by atoms with Crippen molar-refractivity contribution in [2.75, 3.05) is 26.7 Å². The molecular weight excluding hydrogens is 370 g/mol. The Bertz CT molecular complexity index is 719. The molecular formula is C22H33N3O4. The van der Waals surface area contributed by atoms with Crippen LogP contribution in [0, 0.1) is 11.3 Å². The van der Waals surface area contributed by atoms with Crippen LogP contribution in [0.1, 0.15) is 45.6 Å². The lowest BCUT2D eigenvalue weighted by atomic mass is 9.91. The van der Waals surface area contributed by atoms with E-state index >= 15 is 0 Å². The van der Waals surface area contributed by atoms with E-state index < -0.39 is 5.60 Å². The van der Waals surface area contributed by atoms with Crippen LogP contribution >= 0.6 is 0 Å². The minimum absolute atomic E-state index is 0.144. The fraction of sp³-hybridized carbons (Fsp3) is 0.636. The number of carbonyl (C=O) groups excluding carboxylic acids is 2. The van der Waals surface area contributed by atoms with Crippen molar-refractivity contribution in [1.82, 2.24) is 15.5 Å². The lowest BCUT2D eigenvalue weighted by Crippen LogP contribution is -2.43. The second-order valence-electron chi connectivity index (χ2n) is 9.14. The van der Waals surface area contributed by atoms with Gasteiger partial charge in [-0.15, -0.1) is 0 Å². The van der Waals surface area contributed by atoms with Crippen molar-refractivity contribution in [3.8, 4) is 5.75 Å². The van der Waals surface area contributed by atoms with Crippen molar-refractivity contribution >= 4 is 12.1 Å². The first kappa shape index (κ1) is 21.3. The number of likely N-dealkylation sites (tertiary alicyclic amines) is 1. The number of piperidine rings is 1. The van der Waals surface area contributed by atoms with E-state index in [0.717, 1.165) is 43.7 Å². The predicted octanol–water partition coefficient (Wildman–Crippen LogP) is 3.53. The van der Waals surface area contributed by atoms with Crippen LogP contribution in [0.25, 0.3) is 0 Å². The number of hydrogen-bond acceptors (Lipinski definition) is 4. The fourth-order valence-corrected chi connectivity index (χ4v) is 4.00. The summed E-state index contributed by atoms with van der Waals surface area (Å²) in [5, 5.41) is 5.89. The van der Waals surface area contributed by atoms with Crippen LogP contribution in [-0.4, -0.2) is 49.4 Å². The molecule has 1 aliphatic carbocycles. The summed E-state index contributed by atoms with van der Waals surface area (Å²) in [7, 11) is 1.63. The van der Waals surface area contributed by atoms with Crippen molar-refractivity contribution in [2.24, 2.45) is 11.3 Å². The molecule has 0 radical (unpaired) electrons. The van der Waals surface area contributed by atoms with Gasteiger partial charge in [0.1, 0.15) is 11.4 Å². The average Bonchev–Trinajstić information content (AvgIpc) is 3.35. The maximum atomic E-state index is 12.2. The summed E-state index contributed by atoms with van der Waals surface area (Å²) < 4.78 is 10.6. The molecule has 3 rings (SSSR count). The Morgan fingerprint density at radius 1 is 1.14 bits per heavy atom. The Morgan fingerprint density at radius 3 is 2.38 bits per heavy atom. The van der Waals surface area contributed by atoms with Gasteiger partial charge in [-0.1, -0.05) is 12.1 Å². The van der Waals surface area contributed by atoms with Crippen molar-refractivity contribution in [2.45, 2.75) is 52.2 Å². The highest BCUT2D eigenvalue weighted by atomic mass is 16.6. The summed E-state index contributed by atoms with van der Waals surface area (Å²) in [5.74, 6) is 1.30. The summed E-state index contributed by atoms with van der Waals surface area (Å²) in [6, 6.07) is 7.49. The van der Waals surface area contributed by atoms with Gasteiger partial charge in [0.2, 0.25) is 0 Å². The molecule has 1 saturated carbocycles. The van der Waals surface area contributed by atoms with E-state index in [1.54, 1.807) is 12.0 Å². The molecule has 0 bridgehead atoms. The van der Waals surface area contributed by atoms with E-state index in [-0.39, 0.29) is 17.5 Å². The van der Waals surface area contributed by atoms with E-state index in [4.69, 9.17) is 9.47 Å². The highest BCUT2D eigenvalue weighted by Gasteiger charge is 2.55. The van der Waals surface area contributed by atoms with E-state index in [9.17, 15) is 9.59 Å². The number of carbonyl (C=O) groups is 2. The molecule has 1 aromatic rings. The molecule has 29 heavy (non-hydrogen) atoms. The number of amides is 3. The van der Waals surface area contributed by atoms with Gasteiger partial charge in [-0.05, 0) is 69.1 Å². The second kappa shape index (κ2) is 8.51. The Labute approximate surface area is 173 Å². The van der Waals surface area contributed by atoms with Crippen molar-refractivity contribution in [3.63, 3.8) is 0 Å². The maximum Gasteiger partial charge on any atom is 0.410 e. The van der Waals surface area contributed by atoms with Crippen LogP contribution in [0.3, 0.4) is 0 Å². The van der Waals surface area contributed by atoms with Crippen LogP contribution in [0.2, 0.25) is 0 Å². The van der Waals surface area contributed by atoms with Crippen molar-refractivity contribution in [3.05, 3.63) is 29.8 Å². The van der Waals surface area contributed by atoms with E-state index in [2.05, 4.69) is 10.6 Å². The van der Waals surface area contributed by atoms with Crippen molar-refractivity contribution < 1.29 is 19.1 Å². The molecule has 2 fully saturated rings. The molecule has 0 aromatic heterocycles. The van der Waals surface area contributed by atoms with Gasteiger partial charge in [-0.25, -0.2) is 9.59 Å². The lowest BCUT2D eigenvalue weighted by Gasteiger charge is -2.34. The third kappa shape index (κ3) is 5.78. The van der Waals surface area contributed by atoms with Crippen LogP contribution in [-0.2, 0) is 11.3 Å². The van der Waals surface area contributed by atoms with Gasteiger partial charge in [0.25, 0.3) is 0 Å². The van der Waals surface area contributed by atoms with Gasteiger partial charge >= 0.3 is 12.1 Å². The van der Waals surface area contributed by atoms with Crippen LogP contribution in [0.15, 0.2) is 24.3 Å². The predicted molar refractivity (Wildman–Crippen MR) is 111 cm³/mol. The van der Waals surface area contributed by atoms with E-state index in [1.807, 2.05) is 45.0 Å². The molecule has 1 aliphatic heterocycles. The highest BCUT2D eigenvalue weighted by molar-refractivity contribution is 5.73. The van der Waals surface area contributed by atoms with Gasteiger partial charge in [0.05, 0.1) is 7.11 Å². The number of urea groups is 1. The standard InChI is InChI=1S/C22H33N3O4/c1-21(2,3)29-20(27)25-11-9-22(10-12-25)13-17(22)15-24-19(26)23-14-16-5-7-18(28-4)8-6-16/h5-8,17H,9-15H2,1-4H3,(H2,23,24,26). The zero-order valence-electron chi connectivity index (χ0n) is 17.9. The Balaban J connectivity index is 1.35. The molecule has 3 amide bonds. The normalized spacial score (nSPS) is 20.1. The van der Waals surface area contributed by atoms with Gasteiger partial charge in [0, 0.05) is 26.2 Å². The third-order valence-corrected chi connectivity index (χ3v) is 5.89. The topological polar surface area (TPSA) is 79.9 Å². The molecule has 160 valence electrons. The van der Waals surface area contributed by atoms with Gasteiger partial charge < -0.3 is 25.0 Å². The Hall–Kier alpha value is -2.44. The molecule has 7 nitrogen and oxygen atoms in total. The van der Waals surface area contributed by atoms with Gasteiger partial charge in [-0.3, -0.25) is 0 Å². The number of methoxy groups -OCH3 is 1. The largest absolute Gasteiger partial charge is 0.497 e. The number of nitrogens with zero attached hydrogens (tertiary/aromatic N) is 1. The zero-order chi connectivity index (χ0) is 21.1.